The maximum Gasteiger partial charge on any atom is 0.196 e. The molecule has 0 saturated heterocycles. The van der Waals surface area contributed by atoms with E-state index in [1.807, 2.05) is 49.9 Å². The number of rotatable bonds is 8. The van der Waals surface area contributed by atoms with Crippen LogP contribution >= 0.6 is 11.8 Å². The monoisotopic (exact) mass is 427 g/mol. The molecule has 1 aromatic heterocycles. The van der Waals surface area contributed by atoms with Crippen LogP contribution < -0.4 is 4.90 Å². The fraction of sp³-hybridized carbons (Fsp3) is 0.348. The highest BCUT2D eigenvalue weighted by molar-refractivity contribution is 8.00. The van der Waals surface area contributed by atoms with Crippen LogP contribution in [0.1, 0.15) is 48.6 Å². The first-order valence-corrected chi connectivity index (χ1v) is 11.0. The van der Waals surface area contributed by atoms with Gasteiger partial charge in [-0.3, -0.25) is 9.36 Å². The van der Waals surface area contributed by atoms with Gasteiger partial charge in [0.1, 0.15) is 11.9 Å². The summed E-state index contributed by atoms with van der Waals surface area (Å²) in [6, 6.07) is 14.1. The first-order valence-electron chi connectivity index (χ1n) is 10.1. The molecule has 0 fully saturated rings. The smallest absolute Gasteiger partial charge is 0.196 e. The predicted octanol–water partition coefficient (Wildman–Crippen LogP) is 3.54. The van der Waals surface area contributed by atoms with Crippen molar-refractivity contribution in [1.29, 1.82) is 0 Å². The molecule has 0 aliphatic carbocycles. The van der Waals surface area contributed by atoms with Gasteiger partial charge in [0.25, 0.3) is 0 Å². The number of Topliss-reactive ketones (excluding diaryl/α,β-unsaturated/α-hetero) is 1. The number of quaternary nitrogens is 1. The van der Waals surface area contributed by atoms with Crippen LogP contribution in [0.25, 0.3) is 5.69 Å². The standard InChI is InChI=1S/C23H27FN4OS/c1-6-17-7-9-18(10-8-17)21(29)16(3)30-23-26-25-22(15(2)27(4)5)28(23)20-13-11-19(24)12-14-20/h7-16H,6H2,1-5H3/p+1/t15-,16-/m0/s1. The lowest BCUT2D eigenvalue weighted by Crippen LogP contribution is -3.05. The minimum absolute atomic E-state index is 0.0455. The van der Waals surface area contributed by atoms with Gasteiger partial charge in [0, 0.05) is 11.3 Å². The van der Waals surface area contributed by atoms with Crippen molar-refractivity contribution in [3.8, 4) is 5.69 Å². The van der Waals surface area contributed by atoms with E-state index in [2.05, 4.69) is 24.0 Å². The number of benzene rings is 2. The summed E-state index contributed by atoms with van der Waals surface area (Å²) in [5.74, 6) is 0.521. The van der Waals surface area contributed by atoms with Crippen LogP contribution in [0.4, 0.5) is 4.39 Å². The highest BCUT2D eigenvalue weighted by Gasteiger charge is 2.26. The average Bonchev–Trinajstić information content (AvgIpc) is 3.16. The van der Waals surface area contributed by atoms with Gasteiger partial charge in [0.15, 0.2) is 16.8 Å². The van der Waals surface area contributed by atoms with E-state index < -0.39 is 0 Å². The molecule has 158 valence electrons. The minimum Gasteiger partial charge on any atom is -0.331 e. The van der Waals surface area contributed by atoms with Crippen molar-refractivity contribution in [2.75, 3.05) is 14.1 Å². The van der Waals surface area contributed by atoms with E-state index in [1.54, 1.807) is 12.1 Å². The van der Waals surface area contributed by atoms with Gasteiger partial charge in [-0.15, -0.1) is 10.2 Å². The van der Waals surface area contributed by atoms with E-state index in [0.717, 1.165) is 17.9 Å². The second-order valence-electron chi connectivity index (χ2n) is 7.63. The van der Waals surface area contributed by atoms with E-state index in [9.17, 15) is 9.18 Å². The first-order chi connectivity index (χ1) is 14.3. The first kappa shape index (κ1) is 22.2. The number of hydrogen-bond donors (Lipinski definition) is 1. The molecule has 0 spiro atoms. The van der Waals surface area contributed by atoms with Gasteiger partial charge in [-0.2, -0.15) is 0 Å². The summed E-state index contributed by atoms with van der Waals surface area (Å²) < 4.78 is 15.4. The third kappa shape index (κ3) is 4.79. The van der Waals surface area contributed by atoms with E-state index >= 15 is 0 Å². The number of carbonyl (C=O) groups excluding carboxylic acids is 1. The molecule has 0 aliphatic heterocycles. The van der Waals surface area contributed by atoms with Crippen LogP contribution in [0.2, 0.25) is 0 Å². The lowest BCUT2D eigenvalue weighted by Gasteiger charge is -2.18. The Labute approximate surface area is 181 Å². The Morgan fingerprint density at radius 3 is 2.27 bits per heavy atom. The van der Waals surface area contributed by atoms with Crippen LogP contribution in [0.3, 0.4) is 0 Å². The Hall–Kier alpha value is -2.51. The molecule has 3 rings (SSSR count). The highest BCUT2D eigenvalue weighted by Crippen LogP contribution is 2.29. The number of halogens is 1. The molecule has 0 unspecified atom stereocenters. The summed E-state index contributed by atoms with van der Waals surface area (Å²) >= 11 is 1.37. The van der Waals surface area contributed by atoms with Crippen molar-refractivity contribution in [3.63, 3.8) is 0 Å². The number of nitrogens with zero attached hydrogens (tertiary/aromatic N) is 3. The summed E-state index contributed by atoms with van der Waals surface area (Å²) in [4.78, 5) is 14.2. The fourth-order valence-electron chi connectivity index (χ4n) is 3.08. The van der Waals surface area contributed by atoms with Gasteiger partial charge in [0.2, 0.25) is 0 Å². The Balaban J connectivity index is 1.92. The molecule has 0 amide bonds. The number of nitrogens with one attached hydrogen (secondary N) is 1. The fourth-order valence-corrected chi connectivity index (χ4v) is 4.03. The zero-order valence-corrected chi connectivity index (χ0v) is 18.8. The molecule has 2 atom stereocenters. The minimum atomic E-state index is -0.337. The van der Waals surface area contributed by atoms with E-state index in [0.29, 0.717) is 10.7 Å². The maximum atomic E-state index is 13.5. The Morgan fingerprint density at radius 2 is 1.70 bits per heavy atom. The number of thioether (sulfide) groups is 1. The van der Waals surface area contributed by atoms with Crippen LogP contribution in [0.5, 0.6) is 0 Å². The Bertz CT molecular complexity index is 999. The molecule has 2 aromatic carbocycles. The Kier molecular flexibility index (Phi) is 7.05. The molecule has 1 heterocycles. The number of hydrogen-bond acceptors (Lipinski definition) is 4. The molecule has 5 nitrogen and oxygen atoms in total. The molecular weight excluding hydrogens is 399 g/mol. The summed E-state index contributed by atoms with van der Waals surface area (Å²) in [6.07, 6.45) is 0.939. The summed E-state index contributed by atoms with van der Waals surface area (Å²) in [6.45, 7) is 6.04. The van der Waals surface area contributed by atoms with Gasteiger partial charge < -0.3 is 4.90 Å². The number of aryl methyl sites for hydroxylation is 1. The lowest BCUT2D eigenvalue weighted by molar-refractivity contribution is -0.890. The van der Waals surface area contributed by atoms with E-state index in [-0.39, 0.29) is 22.9 Å². The second-order valence-corrected chi connectivity index (χ2v) is 8.93. The maximum absolute atomic E-state index is 13.5. The summed E-state index contributed by atoms with van der Waals surface area (Å²) in [5, 5.41) is 9.07. The van der Waals surface area contributed by atoms with Crippen molar-refractivity contribution in [1.82, 2.24) is 14.8 Å². The van der Waals surface area contributed by atoms with Gasteiger partial charge >= 0.3 is 0 Å². The second kappa shape index (κ2) is 9.53. The van der Waals surface area contributed by atoms with Crippen LogP contribution in [0, 0.1) is 5.82 Å². The average molecular weight is 428 g/mol. The molecule has 30 heavy (non-hydrogen) atoms. The molecule has 0 bridgehead atoms. The third-order valence-corrected chi connectivity index (χ3v) is 6.34. The molecule has 0 saturated carbocycles. The van der Waals surface area contributed by atoms with Crippen molar-refractivity contribution < 1.29 is 14.1 Å². The van der Waals surface area contributed by atoms with Gasteiger partial charge in [-0.05, 0) is 50.1 Å². The van der Waals surface area contributed by atoms with Gasteiger partial charge in [-0.1, -0.05) is 43.0 Å². The molecule has 1 N–H and O–H groups in total. The highest BCUT2D eigenvalue weighted by atomic mass is 32.2. The summed E-state index contributed by atoms with van der Waals surface area (Å²) in [5.41, 5.74) is 2.66. The van der Waals surface area contributed by atoms with Crippen molar-refractivity contribution in [2.24, 2.45) is 0 Å². The van der Waals surface area contributed by atoms with Crippen molar-refractivity contribution >= 4 is 17.5 Å². The van der Waals surface area contributed by atoms with Crippen LogP contribution in [-0.4, -0.2) is 39.9 Å². The predicted molar refractivity (Wildman–Crippen MR) is 118 cm³/mol. The lowest BCUT2D eigenvalue weighted by atomic mass is 10.1. The molecular formula is C23H28FN4OS+. The molecule has 3 aromatic rings. The number of ketones is 1. The normalized spacial score (nSPS) is 13.4. The van der Waals surface area contributed by atoms with Crippen LogP contribution in [0.15, 0.2) is 53.7 Å². The van der Waals surface area contributed by atoms with Crippen molar-refractivity contribution in [2.45, 2.75) is 43.6 Å². The zero-order valence-electron chi connectivity index (χ0n) is 18.0. The van der Waals surface area contributed by atoms with Crippen LogP contribution in [-0.2, 0) is 6.42 Å². The van der Waals surface area contributed by atoms with E-state index in [1.165, 1.54) is 34.4 Å². The van der Waals surface area contributed by atoms with Gasteiger partial charge in [-0.25, -0.2) is 4.39 Å². The topological polar surface area (TPSA) is 52.2 Å². The molecule has 0 aliphatic rings. The summed E-state index contributed by atoms with van der Waals surface area (Å²) in [7, 11) is 4.10. The van der Waals surface area contributed by atoms with Gasteiger partial charge in [0.05, 0.1) is 19.3 Å². The largest absolute Gasteiger partial charge is 0.331 e. The number of aromatic nitrogens is 3. The zero-order chi connectivity index (χ0) is 21.8. The third-order valence-electron chi connectivity index (χ3n) is 5.29. The number of carbonyl (C=O) groups is 1. The Morgan fingerprint density at radius 1 is 1.07 bits per heavy atom. The quantitative estimate of drug-likeness (QED) is 0.441. The molecule has 0 radical (unpaired) electrons. The van der Waals surface area contributed by atoms with E-state index in [4.69, 9.17) is 0 Å². The molecule has 7 heteroatoms. The van der Waals surface area contributed by atoms with Crippen molar-refractivity contribution in [3.05, 3.63) is 71.3 Å². The SMILES string of the molecule is CCc1ccc(C(=O)[C@H](C)Sc2nnc([C@H](C)[NH+](C)C)n2-c2ccc(F)cc2)cc1.